The van der Waals surface area contributed by atoms with Crippen molar-refractivity contribution in [2.45, 2.75) is 6.42 Å². The Labute approximate surface area is 74.6 Å². The number of aryl methyl sites for hydroxylation is 1. The Bertz CT molecular complexity index is 316. The van der Waals surface area contributed by atoms with Crippen LogP contribution < -0.4 is 5.69 Å². The number of rotatable bonds is 3. The van der Waals surface area contributed by atoms with Gasteiger partial charge in [-0.1, -0.05) is 0 Å². The first-order valence-corrected chi connectivity index (χ1v) is 5.02. The highest BCUT2D eigenvalue weighted by Gasteiger charge is 2.08. The van der Waals surface area contributed by atoms with Gasteiger partial charge in [0.15, 0.2) is 0 Å². The van der Waals surface area contributed by atoms with E-state index in [-0.39, 0.29) is 11.6 Å². The van der Waals surface area contributed by atoms with Crippen LogP contribution in [0.15, 0.2) is 4.79 Å². The van der Waals surface area contributed by atoms with Crippen LogP contribution in [0.5, 0.6) is 5.88 Å². The molecule has 1 rings (SSSR count). The van der Waals surface area contributed by atoms with Crippen LogP contribution in [0.4, 0.5) is 0 Å². The molecule has 1 heterocycles. The number of thioether (sulfide) groups is 1. The molecule has 0 aliphatic carbocycles. The summed E-state index contributed by atoms with van der Waals surface area (Å²) in [5.41, 5.74) is 0.362. The highest BCUT2D eigenvalue weighted by Crippen LogP contribution is 2.12. The average molecular weight is 188 g/mol. The van der Waals surface area contributed by atoms with Crippen molar-refractivity contribution < 1.29 is 5.11 Å². The van der Waals surface area contributed by atoms with Crippen molar-refractivity contribution in [1.82, 2.24) is 9.55 Å². The number of hydrogen-bond acceptors (Lipinski definition) is 3. The molecule has 0 saturated heterocycles. The van der Waals surface area contributed by atoms with Gasteiger partial charge < -0.3 is 10.1 Å². The first kappa shape index (κ1) is 9.25. The third kappa shape index (κ3) is 1.66. The van der Waals surface area contributed by atoms with Gasteiger partial charge in [0.05, 0.1) is 5.69 Å². The molecule has 0 atom stereocenters. The fraction of sp³-hybridized carbons (Fsp3) is 0.571. The summed E-state index contributed by atoms with van der Waals surface area (Å²) >= 11 is 1.68. The van der Waals surface area contributed by atoms with Crippen molar-refractivity contribution in [2.24, 2.45) is 7.05 Å². The molecule has 12 heavy (non-hydrogen) atoms. The van der Waals surface area contributed by atoms with Crippen LogP contribution in [0.25, 0.3) is 0 Å². The second-order valence-corrected chi connectivity index (χ2v) is 3.52. The smallest absolute Gasteiger partial charge is 0.328 e. The van der Waals surface area contributed by atoms with Gasteiger partial charge in [-0.15, -0.1) is 0 Å². The largest absolute Gasteiger partial charge is 0.493 e. The molecule has 1 aromatic rings. The Morgan fingerprint density at radius 1 is 1.67 bits per heavy atom. The molecule has 0 amide bonds. The highest BCUT2D eigenvalue weighted by molar-refractivity contribution is 7.98. The lowest BCUT2D eigenvalue weighted by Crippen LogP contribution is -2.11. The monoisotopic (exact) mass is 188 g/mol. The van der Waals surface area contributed by atoms with Crippen LogP contribution in [-0.2, 0) is 13.5 Å². The number of H-pyrrole nitrogens is 1. The zero-order valence-corrected chi connectivity index (χ0v) is 7.94. The number of aromatic amines is 1. The van der Waals surface area contributed by atoms with Crippen LogP contribution in [0.3, 0.4) is 0 Å². The van der Waals surface area contributed by atoms with E-state index in [4.69, 9.17) is 0 Å². The molecule has 0 spiro atoms. The Kier molecular flexibility index (Phi) is 2.86. The minimum absolute atomic E-state index is 0.0500. The zero-order chi connectivity index (χ0) is 9.14. The average Bonchev–Trinajstić information content (AvgIpc) is 2.30. The maximum absolute atomic E-state index is 11.0. The van der Waals surface area contributed by atoms with Gasteiger partial charge in [-0.25, -0.2) is 4.79 Å². The lowest BCUT2D eigenvalue weighted by Gasteiger charge is -1.96. The summed E-state index contributed by atoms with van der Waals surface area (Å²) in [5, 5.41) is 9.37. The van der Waals surface area contributed by atoms with Gasteiger partial charge in [-0.05, 0) is 12.0 Å². The molecule has 0 unspecified atom stereocenters. The van der Waals surface area contributed by atoms with Crippen LogP contribution in [0.1, 0.15) is 5.69 Å². The minimum atomic E-state index is -0.261. The van der Waals surface area contributed by atoms with E-state index in [9.17, 15) is 9.90 Å². The van der Waals surface area contributed by atoms with Crippen molar-refractivity contribution in [3.63, 3.8) is 0 Å². The first-order chi connectivity index (χ1) is 5.66. The van der Waals surface area contributed by atoms with E-state index in [1.54, 1.807) is 11.8 Å². The van der Waals surface area contributed by atoms with Gasteiger partial charge in [0, 0.05) is 13.5 Å². The summed E-state index contributed by atoms with van der Waals surface area (Å²) in [6.45, 7) is 0. The molecule has 0 bridgehead atoms. The van der Waals surface area contributed by atoms with Gasteiger partial charge >= 0.3 is 5.69 Å². The molecule has 0 saturated carbocycles. The number of aromatic hydroxyl groups is 1. The van der Waals surface area contributed by atoms with Crippen molar-refractivity contribution in [3.05, 3.63) is 16.2 Å². The van der Waals surface area contributed by atoms with E-state index in [1.165, 1.54) is 11.6 Å². The predicted octanol–water partition coefficient (Wildman–Crippen LogP) is 0.324. The normalized spacial score (nSPS) is 10.5. The molecule has 0 aromatic carbocycles. The third-order valence-corrected chi connectivity index (χ3v) is 2.32. The molecule has 2 N–H and O–H groups in total. The Morgan fingerprint density at radius 2 is 2.33 bits per heavy atom. The van der Waals surface area contributed by atoms with E-state index < -0.39 is 0 Å². The second kappa shape index (κ2) is 3.71. The van der Waals surface area contributed by atoms with Crippen LogP contribution in [-0.4, -0.2) is 26.7 Å². The molecular weight excluding hydrogens is 176 g/mol. The first-order valence-electron chi connectivity index (χ1n) is 3.62. The summed E-state index contributed by atoms with van der Waals surface area (Å²) in [6, 6.07) is 0. The van der Waals surface area contributed by atoms with Gasteiger partial charge in [0.1, 0.15) is 0 Å². The maximum Gasteiger partial charge on any atom is 0.328 e. The quantitative estimate of drug-likeness (QED) is 0.718. The van der Waals surface area contributed by atoms with E-state index in [0.29, 0.717) is 12.1 Å². The van der Waals surface area contributed by atoms with E-state index in [1.807, 2.05) is 6.26 Å². The van der Waals surface area contributed by atoms with Crippen LogP contribution in [0, 0.1) is 0 Å². The minimum Gasteiger partial charge on any atom is -0.493 e. The number of hydrogen-bond donors (Lipinski definition) is 2. The summed E-state index contributed by atoms with van der Waals surface area (Å²) < 4.78 is 1.20. The molecule has 0 aliphatic rings. The molecule has 0 radical (unpaired) electrons. The lowest BCUT2D eigenvalue weighted by molar-refractivity contribution is 0.424. The standard InChI is InChI=1S/C7H12N2O2S/c1-9-6(10)5(3-4-12-2)8-7(9)11/h10H,3-4H2,1-2H3,(H,8,11). The number of aromatic nitrogens is 2. The Morgan fingerprint density at radius 3 is 2.75 bits per heavy atom. The van der Waals surface area contributed by atoms with Crippen molar-refractivity contribution >= 4 is 11.8 Å². The van der Waals surface area contributed by atoms with Gasteiger partial charge in [-0.2, -0.15) is 11.8 Å². The number of nitrogens with one attached hydrogen (secondary N) is 1. The summed E-state index contributed by atoms with van der Waals surface area (Å²) in [5.74, 6) is 0.946. The van der Waals surface area contributed by atoms with Crippen molar-refractivity contribution in [3.8, 4) is 5.88 Å². The molecule has 5 heteroatoms. The highest BCUT2D eigenvalue weighted by atomic mass is 32.2. The van der Waals surface area contributed by atoms with Gasteiger partial charge in [0.2, 0.25) is 5.88 Å². The Hall–Kier alpha value is -0.840. The van der Waals surface area contributed by atoms with Crippen molar-refractivity contribution in [1.29, 1.82) is 0 Å². The second-order valence-electron chi connectivity index (χ2n) is 2.53. The van der Waals surface area contributed by atoms with Gasteiger partial charge in [0.25, 0.3) is 0 Å². The molecule has 0 aliphatic heterocycles. The van der Waals surface area contributed by atoms with Crippen molar-refractivity contribution in [2.75, 3.05) is 12.0 Å². The van der Waals surface area contributed by atoms with Crippen LogP contribution >= 0.6 is 11.8 Å². The van der Waals surface area contributed by atoms with Crippen LogP contribution in [0.2, 0.25) is 0 Å². The lowest BCUT2D eigenvalue weighted by atomic mass is 10.3. The molecule has 4 nitrogen and oxygen atoms in total. The Balaban J connectivity index is 2.86. The summed E-state index contributed by atoms with van der Waals surface area (Å²) in [6.07, 6.45) is 2.68. The number of nitrogens with zero attached hydrogens (tertiary/aromatic N) is 1. The SMILES string of the molecule is CSCCc1[nH]c(=O)n(C)c1O. The van der Waals surface area contributed by atoms with E-state index >= 15 is 0 Å². The number of imidazole rings is 1. The molecule has 1 aromatic heterocycles. The molecule has 0 fully saturated rings. The van der Waals surface area contributed by atoms with E-state index in [2.05, 4.69) is 4.98 Å². The van der Waals surface area contributed by atoms with Gasteiger partial charge in [-0.3, -0.25) is 4.57 Å². The third-order valence-electron chi connectivity index (χ3n) is 1.71. The topological polar surface area (TPSA) is 58.0 Å². The predicted molar refractivity (Wildman–Crippen MR) is 49.8 cm³/mol. The fourth-order valence-electron chi connectivity index (χ4n) is 0.946. The maximum atomic E-state index is 11.0. The fourth-order valence-corrected chi connectivity index (χ4v) is 1.35. The molecular formula is C7H12N2O2S. The zero-order valence-electron chi connectivity index (χ0n) is 7.13. The molecule has 68 valence electrons. The van der Waals surface area contributed by atoms with E-state index in [0.717, 1.165) is 5.75 Å². The summed E-state index contributed by atoms with van der Waals surface area (Å²) in [7, 11) is 1.54. The summed E-state index contributed by atoms with van der Waals surface area (Å²) in [4.78, 5) is 13.6.